The Kier molecular flexibility index (Phi) is 1.90. The SMILES string of the molecule is c1ccc(-c2ccnc3c2C2CCC3C2)cc1. The monoisotopic (exact) mass is 221 g/mol. The summed E-state index contributed by atoms with van der Waals surface area (Å²) in [5.74, 6) is 1.53. The molecule has 1 heterocycles. The fourth-order valence-electron chi connectivity index (χ4n) is 3.61. The quantitative estimate of drug-likeness (QED) is 0.706. The van der Waals surface area contributed by atoms with Crippen LogP contribution in [-0.2, 0) is 0 Å². The molecule has 84 valence electrons. The molecule has 4 rings (SSSR count). The van der Waals surface area contributed by atoms with E-state index in [4.69, 9.17) is 0 Å². The van der Waals surface area contributed by atoms with Gasteiger partial charge < -0.3 is 0 Å². The van der Waals surface area contributed by atoms with Crippen molar-refractivity contribution in [2.45, 2.75) is 31.1 Å². The number of nitrogens with zero attached hydrogens (tertiary/aromatic N) is 1. The van der Waals surface area contributed by atoms with Crippen molar-refractivity contribution >= 4 is 0 Å². The number of rotatable bonds is 1. The molecular formula is C16H15N. The Labute approximate surface area is 102 Å². The number of aromatic nitrogens is 1. The highest BCUT2D eigenvalue weighted by molar-refractivity contribution is 5.70. The maximum Gasteiger partial charge on any atom is 0.0475 e. The molecule has 1 fully saturated rings. The minimum atomic E-state index is 0.749. The first-order chi connectivity index (χ1) is 8.43. The Bertz CT molecular complexity index is 559. The molecule has 0 radical (unpaired) electrons. The topological polar surface area (TPSA) is 12.9 Å². The second-order valence-corrected chi connectivity index (χ2v) is 5.23. The van der Waals surface area contributed by atoms with Gasteiger partial charge in [-0.15, -0.1) is 0 Å². The average molecular weight is 221 g/mol. The fourth-order valence-corrected chi connectivity index (χ4v) is 3.61. The van der Waals surface area contributed by atoms with Crippen molar-refractivity contribution in [1.29, 1.82) is 0 Å². The van der Waals surface area contributed by atoms with Crippen molar-refractivity contribution < 1.29 is 0 Å². The van der Waals surface area contributed by atoms with Crippen LogP contribution in [0.25, 0.3) is 11.1 Å². The van der Waals surface area contributed by atoms with E-state index in [-0.39, 0.29) is 0 Å². The molecule has 0 N–H and O–H groups in total. The normalized spacial score (nSPS) is 24.9. The lowest BCUT2D eigenvalue weighted by atomic mass is 9.89. The maximum atomic E-state index is 4.63. The minimum Gasteiger partial charge on any atom is -0.261 e. The molecule has 2 aromatic rings. The highest BCUT2D eigenvalue weighted by Crippen LogP contribution is 2.54. The molecule has 1 aromatic carbocycles. The predicted octanol–water partition coefficient (Wildman–Crippen LogP) is 4.11. The third kappa shape index (κ3) is 1.28. The second kappa shape index (κ2) is 3.43. The Morgan fingerprint density at radius 2 is 1.76 bits per heavy atom. The molecule has 0 amide bonds. The molecule has 0 spiro atoms. The predicted molar refractivity (Wildman–Crippen MR) is 69.0 cm³/mol. The van der Waals surface area contributed by atoms with Crippen LogP contribution in [0.15, 0.2) is 42.6 Å². The summed E-state index contributed by atoms with van der Waals surface area (Å²) in [6.07, 6.45) is 6.04. The number of hydrogen-bond donors (Lipinski definition) is 0. The molecule has 0 aliphatic heterocycles. The molecule has 17 heavy (non-hydrogen) atoms. The van der Waals surface area contributed by atoms with E-state index >= 15 is 0 Å². The van der Waals surface area contributed by atoms with Crippen LogP contribution < -0.4 is 0 Å². The highest BCUT2D eigenvalue weighted by Gasteiger charge is 2.39. The molecule has 2 aliphatic rings. The van der Waals surface area contributed by atoms with Gasteiger partial charge in [0.1, 0.15) is 0 Å². The summed E-state index contributed by atoms with van der Waals surface area (Å²) < 4.78 is 0. The van der Waals surface area contributed by atoms with Gasteiger partial charge in [0.2, 0.25) is 0 Å². The molecule has 2 aliphatic carbocycles. The summed E-state index contributed by atoms with van der Waals surface area (Å²) in [5.41, 5.74) is 5.71. The van der Waals surface area contributed by atoms with Crippen molar-refractivity contribution in [3.8, 4) is 11.1 Å². The van der Waals surface area contributed by atoms with Gasteiger partial charge in [-0.1, -0.05) is 30.3 Å². The number of hydrogen-bond acceptors (Lipinski definition) is 1. The van der Waals surface area contributed by atoms with Crippen LogP contribution in [0.3, 0.4) is 0 Å². The van der Waals surface area contributed by atoms with Crippen molar-refractivity contribution in [2.75, 3.05) is 0 Å². The minimum absolute atomic E-state index is 0.749. The first-order valence-electron chi connectivity index (χ1n) is 6.47. The summed E-state index contributed by atoms with van der Waals surface area (Å²) in [7, 11) is 0. The van der Waals surface area contributed by atoms with Gasteiger partial charge in [-0.25, -0.2) is 0 Å². The van der Waals surface area contributed by atoms with E-state index in [1.807, 2.05) is 6.20 Å². The molecule has 1 saturated carbocycles. The maximum absolute atomic E-state index is 4.63. The molecular weight excluding hydrogens is 206 g/mol. The average Bonchev–Trinajstić information content (AvgIpc) is 3.01. The van der Waals surface area contributed by atoms with Crippen molar-refractivity contribution in [1.82, 2.24) is 4.98 Å². The summed E-state index contributed by atoms with van der Waals surface area (Å²) in [6.45, 7) is 0. The summed E-state index contributed by atoms with van der Waals surface area (Å²) >= 11 is 0. The molecule has 1 aromatic heterocycles. The Balaban J connectivity index is 1.94. The van der Waals surface area contributed by atoms with Crippen LogP contribution in [0.2, 0.25) is 0 Å². The van der Waals surface area contributed by atoms with Gasteiger partial charge >= 0.3 is 0 Å². The zero-order valence-electron chi connectivity index (χ0n) is 9.76. The largest absolute Gasteiger partial charge is 0.261 e. The Morgan fingerprint density at radius 3 is 2.65 bits per heavy atom. The summed E-state index contributed by atoms with van der Waals surface area (Å²) in [6, 6.07) is 12.9. The molecule has 2 bridgehead atoms. The van der Waals surface area contributed by atoms with Gasteiger partial charge in [0.15, 0.2) is 0 Å². The Morgan fingerprint density at radius 1 is 0.941 bits per heavy atom. The van der Waals surface area contributed by atoms with Crippen LogP contribution in [0, 0.1) is 0 Å². The second-order valence-electron chi connectivity index (χ2n) is 5.23. The first-order valence-corrected chi connectivity index (χ1v) is 6.47. The van der Waals surface area contributed by atoms with Crippen LogP contribution in [0.4, 0.5) is 0 Å². The van der Waals surface area contributed by atoms with Crippen LogP contribution in [0.1, 0.15) is 42.4 Å². The van der Waals surface area contributed by atoms with Crippen molar-refractivity contribution in [3.63, 3.8) is 0 Å². The van der Waals surface area contributed by atoms with Gasteiger partial charge in [-0.05, 0) is 47.9 Å². The lowest BCUT2D eigenvalue weighted by Gasteiger charge is -2.17. The lowest BCUT2D eigenvalue weighted by molar-refractivity contribution is 0.698. The van der Waals surface area contributed by atoms with E-state index in [0.717, 1.165) is 11.8 Å². The third-order valence-electron chi connectivity index (χ3n) is 4.33. The van der Waals surface area contributed by atoms with E-state index in [9.17, 15) is 0 Å². The van der Waals surface area contributed by atoms with Gasteiger partial charge in [0, 0.05) is 17.8 Å². The number of pyridine rings is 1. The fraction of sp³-hybridized carbons (Fsp3) is 0.312. The Hall–Kier alpha value is -1.63. The lowest BCUT2D eigenvalue weighted by Crippen LogP contribution is -2.02. The van der Waals surface area contributed by atoms with E-state index in [1.165, 1.54) is 36.1 Å². The summed E-state index contributed by atoms with van der Waals surface area (Å²) in [4.78, 5) is 4.63. The van der Waals surface area contributed by atoms with Gasteiger partial charge in [0.25, 0.3) is 0 Å². The van der Waals surface area contributed by atoms with Gasteiger partial charge in [-0.2, -0.15) is 0 Å². The number of benzene rings is 1. The van der Waals surface area contributed by atoms with Crippen LogP contribution in [0.5, 0.6) is 0 Å². The van der Waals surface area contributed by atoms with Gasteiger partial charge in [0.05, 0.1) is 0 Å². The zero-order valence-corrected chi connectivity index (χ0v) is 9.76. The zero-order chi connectivity index (χ0) is 11.2. The van der Waals surface area contributed by atoms with Crippen molar-refractivity contribution in [2.24, 2.45) is 0 Å². The molecule has 2 unspecified atom stereocenters. The van der Waals surface area contributed by atoms with Crippen molar-refractivity contribution in [3.05, 3.63) is 53.9 Å². The first kappa shape index (κ1) is 9.41. The molecule has 1 nitrogen and oxygen atoms in total. The third-order valence-corrected chi connectivity index (χ3v) is 4.33. The number of fused-ring (bicyclic) bond motifs is 5. The van der Waals surface area contributed by atoms with E-state index < -0.39 is 0 Å². The standard InChI is InChI=1S/C16H15N/c1-2-4-11(5-3-1)14-8-9-17-16-13-7-6-12(10-13)15(14)16/h1-5,8-9,12-13H,6-7,10H2. The smallest absolute Gasteiger partial charge is 0.0475 e. The summed E-state index contributed by atoms with van der Waals surface area (Å²) in [5, 5.41) is 0. The van der Waals surface area contributed by atoms with E-state index in [1.54, 1.807) is 5.56 Å². The van der Waals surface area contributed by atoms with Crippen LogP contribution in [-0.4, -0.2) is 4.98 Å². The molecule has 1 heteroatoms. The van der Waals surface area contributed by atoms with E-state index in [2.05, 4.69) is 41.4 Å². The van der Waals surface area contributed by atoms with Gasteiger partial charge in [-0.3, -0.25) is 4.98 Å². The molecule has 2 atom stereocenters. The highest BCUT2D eigenvalue weighted by atomic mass is 14.7. The molecule has 0 saturated heterocycles. The van der Waals surface area contributed by atoms with Crippen LogP contribution >= 0.6 is 0 Å². The van der Waals surface area contributed by atoms with E-state index in [0.29, 0.717) is 0 Å².